The number of halogens is 1. The Labute approximate surface area is 211 Å². The average molecular weight is 505 g/mol. The molecule has 186 valence electrons. The second kappa shape index (κ2) is 10.2. The summed E-state index contributed by atoms with van der Waals surface area (Å²) in [6.07, 6.45) is 3.19. The van der Waals surface area contributed by atoms with Gasteiger partial charge in [-0.15, -0.1) is 0 Å². The standard InChI is InChI=1S/C28H29FN4O2S/c1-20-26(31-19-30-20)18-27-28(36(34,35)24-13-11-23(29)12-14-24)17-22-9-5-6-10-25(22)32-33(27)16-15-21-7-3-2-4-8-21/h2-14,19,27-28,32H,15-18H2,1H3,(H,30,31). The Hall–Kier alpha value is -3.49. The summed E-state index contributed by atoms with van der Waals surface area (Å²) >= 11 is 0. The van der Waals surface area contributed by atoms with E-state index in [9.17, 15) is 12.8 Å². The number of rotatable bonds is 7. The molecule has 36 heavy (non-hydrogen) atoms. The molecule has 0 radical (unpaired) electrons. The molecular formula is C28H29FN4O2S. The maximum absolute atomic E-state index is 14.1. The third kappa shape index (κ3) is 5.05. The Morgan fingerprint density at radius 2 is 1.72 bits per heavy atom. The van der Waals surface area contributed by atoms with E-state index < -0.39 is 26.9 Å². The van der Waals surface area contributed by atoms with Crippen LogP contribution in [-0.2, 0) is 29.1 Å². The maximum Gasteiger partial charge on any atom is 0.183 e. The fourth-order valence-electron chi connectivity index (χ4n) is 4.88. The second-order valence-corrected chi connectivity index (χ2v) is 11.3. The van der Waals surface area contributed by atoms with E-state index in [1.165, 1.54) is 29.8 Å². The summed E-state index contributed by atoms with van der Waals surface area (Å²) in [6, 6.07) is 22.7. The Kier molecular flexibility index (Phi) is 6.89. The molecular weight excluding hydrogens is 475 g/mol. The van der Waals surface area contributed by atoms with Crippen LogP contribution in [0.4, 0.5) is 10.1 Å². The molecule has 8 heteroatoms. The van der Waals surface area contributed by atoms with E-state index in [0.717, 1.165) is 29.1 Å². The molecule has 2 N–H and O–H groups in total. The zero-order valence-electron chi connectivity index (χ0n) is 20.1. The molecule has 4 aromatic rings. The summed E-state index contributed by atoms with van der Waals surface area (Å²) in [4.78, 5) is 7.66. The van der Waals surface area contributed by atoms with E-state index in [0.29, 0.717) is 19.4 Å². The number of hydrazine groups is 1. The predicted octanol–water partition coefficient (Wildman–Crippen LogP) is 4.74. The van der Waals surface area contributed by atoms with Crippen LogP contribution in [0.2, 0.25) is 0 Å². The monoisotopic (exact) mass is 504 g/mol. The largest absolute Gasteiger partial charge is 0.348 e. The zero-order valence-corrected chi connectivity index (χ0v) is 20.9. The van der Waals surface area contributed by atoms with E-state index in [1.807, 2.05) is 49.4 Å². The number of hydrogen-bond acceptors (Lipinski definition) is 5. The molecule has 2 heterocycles. The van der Waals surface area contributed by atoms with E-state index in [1.54, 1.807) is 6.33 Å². The Morgan fingerprint density at radius 3 is 2.44 bits per heavy atom. The molecule has 0 amide bonds. The highest BCUT2D eigenvalue weighted by Crippen LogP contribution is 2.33. The number of fused-ring (bicyclic) bond motifs is 1. The highest BCUT2D eigenvalue weighted by Gasteiger charge is 2.41. The van der Waals surface area contributed by atoms with E-state index in [4.69, 9.17) is 0 Å². The molecule has 1 aromatic heterocycles. The van der Waals surface area contributed by atoms with Crippen LogP contribution in [0.1, 0.15) is 22.5 Å². The fraction of sp³-hybridized carbons (Fsp3) is 0.250. The highest BCUT2D eigenvalue weighted by atomic mass is 32.2. The van der Waals surface area contributed by atoms with Crippen LogP contribution >= 0.6 is 0 Å². The van der Waals surface area contributed by atoms with Crippen molar-refractivity contribution in [1.29, 1.82) is 0 Å². The lowest BCUT2D eigenvalue weighted by Crippen LogP contribution is -2.51. The van der Waals surface area contributed by atoms with Crippen molar-refractivity contribution in [3.8, 4) is 0 Å². The first kappa shape index (κ1) is 24.2. The normalized spacial score (nSPS) is 18.3. The topological polar surface area (TPSA) is 78.1 Å². The van der Waals surface area contributed by atoms with Crippen LogP contribution < -0.4 is 5.43 Å². The number of benzene rings is 3. The van der Waals surface area contributed by atoms with Crippen molar-refractivity contribution >= 4 is 15.5 Å². The number of aromatic amines is 1. The van der Waals surface area contributed by atoms with Gasteiger partial charge in [-0.1, -0.05) is 48.5 Å². The predicted molar refractivity (Wildman–Crippen MR) is 139 cm³/mol. The van der Waals surface area contributed by atoms with Crippen molar-refractivity contribution in [3.05, 3.63) is 114 Å². The van der Waals surface area contributed by atoms with Gasteiger partial charge in [-0.3, -0.25) is 0 Å². The first-order valence-electron chi connectivity index (χ1n) is 12.1. The fourth-order valence-corrected chi connectivity index (χ4v) is 6.80. The van der Waals surface area contributed by atoms with Gasteiger partial charge in [-0.2, -0.15) is 0 Å². The molecule has 0 saturated carbocycles. The van der Waals surface area contributed by atoms with Gasteiger partial charge in [0.1, 0.15) is 5.82 Å². The number of hydrogen-bond donors (Lipinski definition) is 2. The minimum atomic E-state index is -3.81. The number of sulfone groups is 1. The van der Waals surface area contributed by atoms with Crippen molar-refractivity contribution in [3.63, 3.8) is 0 Å². The van der Waals surface area contributed by atoms with Crippen LogP contribution in [0.3, 0.4) is 0 Å². The number of nitrogens with one attached hydrogen (secondary N) is 2. The van der Waals surface area contributed by atoms with Crippen LogP contribution in [-0.4, -0.2) is 41.2 Å². The molecule has 3 aromatic carbocycles. The van der Waals surface area contributed by atoms with E-state index >= 15 is 0 Å². The number of anilines is 1. The highest BCUT2D eigenvalue weighted by molar-refractivity contribution is 7.92. The first-order valence-corrected chi connectivity index (χ1v) is 13.6. The quantitative estimate of drug-likeness (QED) is 0.356. The minimum Gasteiger partial charge on any atom is -0.348 e. The molecule has 1 aliphatic heterocycles. The van der Waals surface area contributed by atoms with E-state index in [-0.39, 0.29) is 4.90 Å². The number of H-pyrrole nitrogens is 1. The third-order valence-corrected chi connectivity index (χ3v) is 9.11. The van der Waals surface area contributed by atoms with Gasteiger partial charge in [-0.05, 0) is 61.2 Å². The van der Waals surface area contributed by atoms with Crippen LogP contribution in [0, 0.1) is 12.7 Å². The Balaban J connectivity index is 1.59. The van der Waals surface area contributed by atoms with Gasteiger partial charge in [-0.25, -0.2) is 22.8 Å². The number of para-hydroxylation sites is 1. The molecule has 0 spiro atoms. The van der Waals surface area contributed by atoms with Crippen molar-refractivity contribution < 1.29 is 12.8 Å². The van der Waals surface area contributed by atoms with Gasteiger partial charge in [0.2, 0.25) is 0 Å². The maximum atomic E-state index is 14.1. The number of aromatic nitrogens is 2. The molecule has 0 saturated heterocycles. The van der Waals surface area contributed by atoms with Gasteiger partial charge in [0, 0.05) is 18.7 Å². The van der Waals surface area contributed by atoms with Crippen LogP contribution in [0.25, 0.3) is 0 Å². The van der Waals surface area contributed by atoms with Crippen molar-refractivity contribution in [2.45, 2.75) is 42.4 Å². The van der Waals surface area contributed by atoms with Crippen molar-refractivity contribution in [2.24, 2.45) is 0 Å². The molecule has 1 aliphatic rings. The lowest BCUT2D eigenvalue weighted by atomic mass is 10.00. The SMILES string of the molecule is Cc1nc[nH]c1CC1C(S(=O)(=O)c2ccc(F)cc2)Cc2ccccc2NN1CCc1ccccc1. The molecule has 0 aliphatic carbocycles. The van der Waals surface area contributed by atoms with Gasteiger partial charge < -0.3 is 10.4 Å². The Morgan fingerprint density at radius 1 is 1.00 bits per heavy atom. The summed E-state index contributed by atoms with van der Waals surface area (Å²) in [5.41, 5.74) is 8.30. The van der Waals surface area contributed by atoms with Crippen molar-refractivity contribution in [1.82, 2.24) is 15.0 Å². The van der Waals surface area contributed by atoms with Gasteiger partial charge in [0.05, 0.1) is 33.9 Å². The first-order chi connectivity index (χ1) is 17.4. The number of imidazole rings is 1. The molecule has 2 atom stereocenters. The Bertz CT molecular complexity index is 1420. The van der Waals surface area contributed by atoms with Crippen molar-refractivity contribution in [2.75, 3.05) is 12.0 Å². The van der Waals surface area contributed by atoms with Gasteiger partial charge >= 0.3 is 0 Å². The molecule has 5 rings (SSSR count). The average Bonchev–Trinajstić information content (AvgIpc) is 3.21. The zero-order chi connectivity index (χ0) is 25.1. The van der Waals surface area contributed by atoms with E-state index in [2.05, 4.69) is 32.5 Å². The summed E-state index contributed by atoms with van der Waals surface area (Å²) in [5, 5.41) is 1.29. The smallest absolute Gasteiger partial charge is 0.183 e. The molecule has 0 fully saturated rings. The number of nitrogens with zero attached hydrogens (tertiary/aromatic N) is 2. The minimum absolute atomic E-state index is 0.127. The lowest BCUT2D eigenvalue weighted by molar-refractivity contribution is 0.233. The summed E-state index contributed by atoms with van der Waals surface area (Å²) in [5.74, 6) is -0.462. The lowest BCUT2D eigenvalue weighted by Gasteiger charge is -2.35. The summed E-state index contributed by atoms with van der Waals surface area (Å²) < 4.78 is 41.9. The second-order valence-electron chi connectivity index (χ2n) is 9.18. The van der Waals surface area contributed by atoms with Gasteiger partial charge in [0.25, 0.3) is 0 Å². The molecule has 0 bridgehead atoms. The third-order valence-electron chi connectivity index (χ3n) is 6.90. The summed E-state index contributed by atoms with van der Waals surface area (Å²) in [7, 11) is -3.81. The number of aryl methyl sites for hydroxylation is 1. The molecule has 2 unspecified atom stereocenters. The van der Waals surface area contributed by atoms with Crippen LogP contribution in [0.5, 0.6) is 0 Å². The molecule has 6 nitrogen and oxygen atoms in total. The van der Waals surface area contributed by atoms with Gasteiger partial charge in [0.15, 0.2) is 9.84 Å². The summed E-state index contributed by atoms with van der Waals surface area (Å²) in [6.45, 7) is 2.52. The van der Waals surface area contributed by atoms with Crippen LogP contribution in [0.15, 0.2) is 90.1 Å².